The van der Waals surface area contributed by atoms with Gasteiger partial charge in [-0.05, 0) is 12.1 Å². The van der Waals surface area contributed by atoms with E-state index >= 15 is 0 Å². The number of furan rings is 1. The van der Waals surface area contributed by atoms with Gasteiger partial charge in [-0.1, -0.05) is 0 Å². The molecule has 0 aliphatic rings. The number of hydrogen-bond donors (Lipinski definition) is 1. The van der Waals surface area contributed by atoms with Gasteiger partial charge in [0.15, 0.2) is 5.76 Å². The molecule has 0 bridgehead atoms. The summed E-state index contributed by atoms with van der Waals surface area (Å²) in [5.41, 5.74) is 1.88. The molecule has 0 saturated heterocycles. The minimum Gasteiger partial charge on any atom is -0.477 e. The van der Waals surface area contributed by atoms with Crippen molar-refractivity contribution in [2.24, 2.45) is 0 Å². The lowest BCUT2D eigenvalue weighted by molar-refractivity contribution is 0.0702. The molecule has 4 nitrogen and oxygen atoms in total. The summed E-state index contributed by atoms with van der Waals surface area (Å²) < 4.78 is 5.05. The van der Waals surface area contributed by atoms with E-state index in [1.165, 1.54) is 11.8 Å². The summed E-state index contributed by atoms with van der Waals surface area (Å²) in [5.74, 6) is -0.493. The minimum absolute atomic E-state index is 0.204. The number of carboxylic acids is 1. The van der Waals surface area contributed by atoms with Crippen molar-refractivity contribution in [1.82, 2.24) is 4.98 Å². The Kier molecular flexibility index (Phi) is 1.86. The maximum Gasteiger partial charge on any atom is 0.348 e. The number of carbonyl (C=O) groups is 1. The molecule has 13 heavy (non-hydrogen) atoms. The molecule has 2 aromatic heterocycles. The maximum absolute atomic E-state index is 10.7. The van der Waals surface area contributed by atoms with Gasteiger partial charge in [0.05, 0.1) is 11.8 Å². The van der Waals surface area contributed by atoms with Crippen molar-refractivity contribution in [3.8, 4) is 11.5 Å². The van der Waals surface area contributed by atoms with Crippen molar-refractivity contribution in [2.45, 2.75) is 0 Å². The molecule has 0 radical (unpaired) electrons. The van der Waals surface area contributed by atoms with E-state index < -0.39 is 5.97 Å². The standard InChI is InChI=1S/C8H5NO3S/c10-8(11)7-6(9-4-13-7)5-2-1-3-12-5/h1-4H,(H,10,11). The highest BCUT2D eigenvalue weighted by Crippen LogP contribution is 2.25. The first kappa shape index (κ1) is 8.00. The Hall–Kier alpha value is -1.62. The Bertz CT molecular complexity index is 418. The van der Waals surface area contributed by atoms with Crippen molar-refractivity contribution in [3.63, 3.8) is 0 Å². The zero-order valence-electron chi connectivity index (χ0n) is 6.43. The lowest BCUT2D eigenvalue weighted by atomic mass is 10.3. The molecule has 0 unspecified atom stereocenters. The smallest absolute Gasteiger partial charge is 0.348 e. The van der Waals surface area contributed by atoms with Crippen LogP contribution in [0.15, 0.2) is 28.3 Å². The lowest BCUT2D eigenvalue weighted by Gasteiger charge is -1.91. The van der Waals surface area contributed by atoms with E-state index in [9.17, 15) is 4.79 Å². The SMILES string of the molecule is O=C(O)c1scnc1-c1ccco1. The molecule has 0 aliphatic carbocycles. The van der Waals surface area contributed by atoms with Crippen LogP contribution in [0.1, 0.15) is 9.67 Å². The first-order valence-corrected chi connectivity index (χ1v) is 4.37. The molecule has 0 amide bonds. The summed E-state index contributed by atoms with van der Waals surface area (Å²) in [6, 6.07) is 3.38. The van der Waals surface area contributed by atoms with Crippen molar-refractivity contribution < 1.29 is 14.3 Å². The van der Waals surface area contributed by atoms with Gasteiger partial charge < -0.3 is 9.52 Å². The monoisotopic (exact) mass is 195 g/mol. The van der Waals surface area contributed by atoms with Crippen LogP contribution in [0.2, 0.25) is 0 Å². The van der Waals surface area contributed by atoms with E-state index in [0.717, 1.165) is 11.3 Å². The van der Waals surface area contributed by atoms with E-state index in [-0.39, 0.29) is 4.88 Å². The number of carboxylic acid groups (broad SMARTS) is 1. The predicted molar refractivity (Wildman–Crippen MR) is 46.8 cm³/mol. The molecule has 0 saturated carbocycles. The number of aromatic carboxylic acids is 1. The number of hydrogen-bond acceptors (Lipinski definition) is 4. The van der Waals surface area contributed by atoms with Crippen LogP contribution in [-0.4, -0.2) is 16.1 Å². The van der Waals surface area contributed by atoms with Crippen LogP contribution in [0.3, 0.4) is 0 Å². The van der Waals surface area contributed by atoms with Gasteiger partial charge in [0.2, 0.25) is 0 Å². The number of nitrogens with zero attached hydrogens (tertiary/aromatic N) is 1. The second kappa shape index (κ2) is 3.02. The van der Waals surface area contributed by atoms with Crippen LogP contribution >= 0.6 is 11.3 Å². The van der Waals surface area contributed by atoms with Crippen molar-refractivity contribution in [3.05, 3.63) is 28.8 Å². The fourth-order valence-electron chi connectivity index (χ4n) is 0.987. The molecule has 5 heteroatoms. The van der Waals surface area contributed by atoms with Crippen LogP contribution in [0.5, 0.6) is 0 Å². The van der Waals surface area contributed by atoms with Crippen LogP contribution in [0, 0.1) is 0 Å². The van der Waals surface area contributed by atoms with E-state index in [0.29, 0.717) is 11.5 Å². The van der Waals surface area contributed by atoms with E-state index in [1.807, 2.05) is 0 Å². The topological polar surface area (TPSA) is 63.3 Å². The maximum atomic E-state index is 10.7. The molecule has 2 rings (SSSR count). The zero-order valence-corrected chi connectivity index (χ0v) is 7.25. The van der Waals surface area contributed by atoms with Gasteiger partial charge in [0.1, 0.15) is 10.6 Å². The van der Waals surface area contributed by atoms with Gasteiger partial charge >= 0.3 is 5.97 Å². The Morgan fingerprint density at radius 2 is 2.46 bits per heavy atom. The second-order valence-corrected chi connectivity index (χ2v) is 3.17. The van der Waals surface area contributed by atoms with Crippen molar-refractivity contribution >= 4 is 17.3 Å². The fourth-order valence-corrected chi connectivity index (χ4v) is 1.62. The zero-order chi connectivity index (χ0) is 9.26. The van der Waals surface area contributed by atoms with E-state index in [1.54, 1.807) is 12.1 Å². The third kappa shape index (κ3) is 1.33. The average molecular weight is 195 g/mol. The molecular weight excluding hydrogens is 190 g/mol. The average Bonchev–Trinajstić information content (AvgIpc) is 2.74. The lowest BCUT2D eigenvalue weighted by Crippen LogP contribution is -1.94. The Balaban J connectivity index is 2.52. The molecule has 2 heterocycles. The summed E-state index contributed by atoms with van der Waals surface area (Å²) in [5, 5.41) is 8.78. The third-order valence-corrected chi connectivity index (χ3v) is 2.33. The largest absolute Gasteiger partial charge is 0.477 e. The summed E-state index contributed by atoms with van der Waals surface area (Å²) in [6.45, 7) is 0. The highest BCUT2D eigenvalue weighted by atomic mass is 32.1. The molecule has 0 aliphatic heterocycles. The van der Waals surface area contributed by atoms with Crippen LogP contribution in [0.25, 0.3) is 11.5 Å². The second-order valence-electron chi connectivity index (χ2n) is 2.31. The highest BCUT2D eigenvalue weighted by Gasteiger charge is 2.16. The van der Waals surface area contributed by atoms with E-state index in [2.05, 4.69) is 4.98 Å². The van der Waals surface area contributed by atoms with Gasteiger partial charge in [-0.3, -0.25) is 0 Å². The first-order valence-electron chi connectivity index (χ1n) is 3.49. The molecule has 2 aromatic rings. The number of thiazole rings is 1. The van der Waals surface area contributed by atoms with Crippen LogP contribution < -0.4 is 0 Å². The highest BCUT2D eigenvalue weighted by molar-refractivity contribution is 7.12. The van der Waals surface area contributed by atoms with Gasteiger partial charge in [-0.25, -0.2) is 9.78 Å². The molecule has 66 valence electrons. The molecule has 0 atom stereocenters. The van der Waals surface area contributed by atoms with Gasteiger partial charge in [0.25, 0.3) is 0 Å². The van der Waals surface area contributed by atoms with E-state index in [4.69, 9.17) is 9.52 Å². The molecule has 1 N–H and O–H groups in total. The quantitative estimate of drug-likeness (QED) is 0.797. The number of aromatic nitrogens is 1. The Morgan fingerprint density at radius 1 is 1.62 bits per heavy atom. The van der Waals surface area contributed by atoms with Crippen molar-refractivity contribution in [2.75, 3.05) is 0 Å². The fraction of sp³-hybridized carbons (Fsp3) is 0. The summed E-state index contributed by atoms with van der Waals surface area (Å²) in [7, 11) is 0. The Labute approximate surface area is 77.5 Å². The summed E-state index contributed by atoms with van der Waals surface area (Å²) in [4.78, 5) is 14.8. The molecule has 0 spiro atoms. The normalized spacial score (nSPS) is 10.2. The van der Waals surface area contributed by atoms with Gasteiger partial charge in [-0.15, -0.1) is 11.3 Å². The molecule has 0 fully saturated rings. The number of rotatable bonds is 2. The van der Waals surface area contributed by atoms with Crippen molar-refractivity contribution in [1.29, 1.82) is 0 Å². The third-order valence-electron chi connectivity index (χ3n) is 1.52. The Morgan fingerprint density at radius 3 is 3.08 bits per heavy atom. The minimum atomic E-state index is -0.978. The van der Waals surface area contributed by atoms with Gasteiger partial charge in [0, 0.05) is 0 Å². The van der Waals surface area contributed by atoms with Crippen LogP contribution in [-0.2, 0) is 0 Å². The molecular formula is C8H5NO3S. The summed E-state index contributed by atoms with van der Waals surface area (Å²) in [6.07, 6.45) is 1.49. The van der Waals surface area contributed by atoms with Crippen LogP contribution in [0.4, 0.5) is 0 Å². The molecule has 0 aromatic carbocycles. The predicted octanol–water partition coefficient (Wildman–Crippen LogP) is 2.10. The van der Waals surface area contributed by atoms with Gasteiger partial charge in [-0.2, -0.15) is 0 Å². The summed E-state index contributed by atoms with van der Waals surface area (Å²) >= 11 is 1.09. The first-order chi connectivity index (χ1) is 6.29.